The predicted octanol–water partition coefficient (Wildman–Crippen LogP) is 4.76. The van der Waals surface area contributed by atoms with Crippen molar-refractivity contribution in [3.63, 3.8) is 0 Å². The maximum Gasteiger partial charge on any atom is 0.417 e. The molecule has 0 atom stereocenters. The molecule has 9 heteroatoms. The first-order valence-corrected chi connectivity index (χ1v) is 11.0. The quantitative estimate of drug-likeness (QED) is 0.325. The Hall–Kier alpha value is -3.36. The molecule has 0 aliphatic carbocycles. The highest BCUT2D eigenvalue weighted by molar-refractivity contribution is 5.75. The van der Waals surface area contributed by atoms with Gasteiger partial charge in [0.1, 0.15) is 5.75 Å². The van der Waals surface area contributed by atoms with Gasteiger partial charge in [-0.3, -0.25) is 14.6 Å². The summed E-state index contributed by atoms with van der Waals surface area (Å²) in [7, 11) is 0. The summed E-state index contributed by atoms with van der Waals surface area (Å²) in [5, 5.41) is 5.06. The number of nitrogens with zero attached hydrogens (tertiary/aromatic N) is 1. The Labute approximate surface area is 198 Å². The lowest BCUT2D eigenvalue weighted by molar-refractivity contribution is -0.137. The fourth-order valence-corrected chi connectivity index (χ4v) is 3.03. The van der Waals surface area contributed by atoms with Gasteiger partial charge in [-0.25, -0.2) is 0 Å². The van der Waals surface area contributed by atoms with Gasteiger partial charge in [0.2, 0.25) is 12.3 Å². The van der Waals surface area contributed by atoms with Gasteiger partial charge in [-0.2, -0.15) is 13.2 Å². The molecule has 0 unspecified atom stereocenters. The van der Waals surface area contributed by atoms with E-state index in [-0.39, 0.29) is 12.5 Å². The molecule has 34 heavy (non-hydrogen) atoms. The number of benzene rings is 1. The van der Waals surface area contributed by atoms with Gasteiger partial charge >= 0.3 is 6.18 Å². The third kappa shape index (κ3) is 11.0. The van der Waals surface area contributed by atoms with E-state index >= 15 is 0 Å². The third-order valence-corrected chi connectivity index (χ3v) is 4.74. The Morgan fingerprint density at radius 3 is 2.62 bits per heavy atom. The van der Waals surface area contributed by atoms with E-state index in [1.54, 1.807) is 0 Å². The van der Waals surface area contributed by atoms with Gasteiger partial charge < -0.3 is 15.4 Å². The Balaban J connectivity index is 0.000000369. The minimum absolute atomic E-state index is 0.0869. The smallest absolute Gasteiger partial charge is 0.417 e. The standard InChI is InChI=1S/C13H16F3N3O2.C10H12O.C2H4/c14-13(15,16)10-4-5-11(18-7-10)8-19-12(21)3-1-2-6-17-9-20;1-8-4-5-10-9(7-8)3-2-6-11-10;1-2/h4-5,7,9H,1-3,6,8H2,(H,17,20)(H,19,21);4-5,7H,2-3,6H2,1H3;1-2H2. The Morgan fingerprint density at radius 1 is 1.21 bits per heavy atom. The lowest BCUT2D eigenvalue weighted by Gasteiger charge is -2.16. The second-order valence-electron chi connectivity index (χ2n) is 7.40. The SMILES string of the molecule is C=C.Cc1ccc2c(c1)CCCO2.O=CNCCCCC(=O)NCc1ccc(C(F)(F)F)cn1. The number of rotatable bonds is 8. The molecule has 0 saturated heterocycles. The van der Waals surface area contributed by atoms with Crippen molar-refractivity contribution >= 4 is 12.3 Å². The molecule has 0 spiro atoms. The van der Waals surface area contributed by atoms with Crippen LogP contribution in [0.5, 0.6) is 5.75 Å². The number of carbonyl (C=O) groups excluding carboxylic acids is 2. The van der Waals surface area contributed by atoms with Gasteiger partial charge in [-0.1, -0.05) is 17.7 Å². The maximum atomic E-state index is 12.3. The molecule has 186 valence electrons. The summed E-state index contributed by atoms with van der Waals surface area (Å²) >= 11 is 0. The maximum absolute atomic E-state index is 12.3. The zero-order chi connectivity index (χ0) is 25.4. The molecule has 3 rings (SSSR count). The van der Waals surface area contributed by atoms with E-state index in [2.05, 4.69) is 53.9 Å². The molecule has 0 fully saturated rings. The third-order valence-electron chi connectivity index (χ3n) is 4.74. The molecule has 0 radical (unpaired) electrons. The highest BCUT2D eigenvalue weighted by atomic mass is 19.4. The average Bonchev–Trinajstić information content (AvgIpc) is 2.84. The molecule has 0 saturated carbocycles. The number of pyridine rings is 1. The highest BCUT2D eigenvalue weighted by Crippen LogP contribution is 2.28. The van der Waals surface area contributed by atoms with Crippen LogP contribution in [-0.2, 0) is 28.7 Å². The average molecular weight is 480 g/mol. The fourth-order valence-electron chi connectivity index (χ4n) is 3.03. The molecule has 2 N–H and O–H groups in total. The molecule has 2 heterocycles. The van der Waals surface area contributed by atoms with Crippen LogP contribution in [0.25, 0.3) is 0 Å². The van der Waals surface area contributed by atoms with Gasteiger partial charge in [0.25, 0.3) is 0 Å². The number of hydrogen-bond acceptors (Lipinski definition) is 4. The summed E-state index contributed by atoms with van der Waals surface area (Å²) in [6.07, 6.45) is 0.861. The molecule has 0 bridgehead atoms. The number of hydrogen-bond donors (Lipinski definition) is 2. The lowest BCUT2D eigenvalue weighted by atomic mass is 10.0. The molecule has 6 nitrogen and oxygen atoms in total. The Morgan fingerprint density at radius 2 is 1.97 bits per heavy atom. The van der Waals surface area contributed by atoms with Crippen LogP contribution in [0.1, 0.15) is 48.1 Å². The summed E-state index contributed by atoms with van der Waals surface area (Å²) in [6, 6.07) is 8.55. The highest BCUT2D eigenvalue weighted by Gasteiger charge is 2.30. The van der Waals surface area contributed by atoms with E-state index in [0.717, 1.165) is 31.0 Å². The molecule has 1 aromatic heterocycles. The zero-order valence-corrected chi connectivity index (χ0v) is 19.4. The first-order valence-electron chi connectivity index (χ1n) is 11.0. The van der Waals surface area contributed by atoms with Crippen LogP contribution in [0.3, 0.4) is 0 Å². The van der Waals surface area contributed by atoms with Crippen LogP contribution < -0.4 is 15.4 Å². The van der Waals surface area contributed by atoms with Crippen LogP contribution in [0, 0.1) is 6.92 Å². The Kier molecular flexibility index (Phi) is 13.0. The molecule has 1 aromatic carbocycles. The van der Waals surface area contributed by atoms with Crippen LogP contribution in [0.15, 0.2) is 49.7 Å². The monoisotopic (exact) mass is 479 g/mol. The number of aryl methyl sites for hydroxylation is 2. The van der Waals surface area contributed by atoms with Crippen molar-refractivity contribution in [3.8, 4) is 5.75 Å². The van der Waals surface area contributed by atoms with Crippen molar-refractivity contribution in [2.24, 2.45) is 0 Å². The zero-order valence-electron chi connectivity index (χ0n) is 19.4. The second-order valence-corrected chi connectivity index (χ2v) is 7.40. The summed E-state index contributed by atoms with van der Waals surface area (Å²) in [4.78, 5) is 25.1. The van der Waals surface area contributed by atoms with E-state index in [1.807, 2.05) is 0 Å². The lowest BCUT2D eigenvalue weighted by Crippen LogP contribution is -2.23. The Bertz CT molecular complexity index is 887. The van der Waals surface area contributed by atoms with Crippen LogP contribution in [0.4, 0.5) is 13.2 Å². The molecular weight excluding hydrogens is 447 g/mol. The van der Waals surface area contributed by atoms with Crippen LogP contribution in [-0.4, -0.2) is 30.5 Å². The first kappa shape index (κ1) is 28.7. The summed E-state index contributed by atoms with van der Waals surface area (Å²) < 4.78 is 42.5. The first-order chi connectivity index (χ1) is 16.3. The number of nitrogens with one attached hydrogen (secondary N) is 2. The van der Waals surface area contributed by atoms with Crippen LogP contribution >= 0.6 is 0 Å². The number of carbonyl (C=O) groups is 2. The summed E-state index contributed by atoms with van der Waals surface area (Å²) in [5.74, 6) is 0.879. The number of halogens is 3. The van der Waals surface area contributed by atoms with Gasteiger partial charge in [0.15, 0.2) is 0 Å². The van der Waals surface area contributed by atoms with E-state index in [0.29, 0.717) is 37.9 Å². The number of unbranched alkanes of at least 4 members (excludes halogenated alkanes) is 1. The number of alkyl halides is 3. The van der Waals surface area contributed by atoms with Crippen molar-refractivity contribution in [1.82, 2.24) is 15.6 Å². The topological polar surface area (TPSA) is 80.3 Å². The largest absolute Gasteiger partial charge is 0.493 e. The van der Waals surface area contributed by atoms with E-state index in [9.17, 15) is 22.8 Å². The van der Waals surface area contributed by atoms with Gasteiger partial charge in [0.05, 0.1) is 24.4 Å². The van der Waals surface area contributed by atoms with Crippen molar-refractivity contribution < 1.29 is 27.5 Å². The number of amides is 2. The second kappa shape index (κ2) is 15.5. The molecule has 1 aliphatic heterocycles. The normalized spacial score (nSPS) is 11.9. The minimum atomic E-state index is -4.41. The number of fused-ring (bicyclic) bond motifs is 1. The minimum Gasteiger partial charge on any atom is -0.493 e. The van der Waals surface area contributed by atoms with Crippen molar-refractivity contribution in [3.05, 3.63) is 72.1 Å². The van der Waals surface area contributed by atoms with E-state index in [4.69, 9.17) is 4.74 Å². The predicted molar refractivity (Wildman–Crippen MR) is 125 cm³/mol. The molecular formula is C25H32F3N3O3. The van der Waals surface area contributed by atoms with Gasteiger partial charge in [-0.15, -0.1) is 13.2 Å². The van der Waals surface area contributed by atoms with Gasteiger partial charge in [-0.05, 0) is 56.4 Å². The van der Waals surface area contributed by atoms with E-state index in [1.165, 1.54) is 23.6 Å². The fraction of sp³-hybridized carbons (Fsp3) is 0.400. The summed E-state index contributed by atoms with van der Waals surface area (Å²) in [5.41, 5.74) is 2.24. The van der Waals surface area contributed by atoms with Crippen LogP contribution in [0.2, 0.25) is 0 Å². The molecule has 1 aliphatic rings. The van der Waals surface area contributed by atoms with Gasteiger partial charge in [0, 0.05) is 19.2 Å². The van der Waals surface area contributed by atoms with E-state index < -0.39 is 11.7 Å². The van der Waals surface area contributed by atoms with Crippen molar-refractivity contribution in [2.45, 2.75) is 51.7 Å². The number of aromatic nitrogens is 1. The molecule has 2 aromatic rings. The van der Waals surface area contributed by atoms with Crippen molar-refractivity contribution in [1.29, 1.82) is 0 Å². The molecule has 2 amide bonds. The van der Waals surface area contributed by atoms with Crippen molar-refractivity contribution in [2.75, 3.05) is 13.2 Å². The number of ether oxygens (including phenoxy) is 1. The summed E-state index contributed by atoms with van der Waals surface area (Å²) in [6.45, 7) is 9.60.